The molecule has 0 spiro atoms. The minimum Gasteiger partial charge on any atom is -0.353 e. The highest BCUT2D eigenvalue weighted by Gasteiger charge is 2.42. The summed E-state index contributed by atoms with van der Waals surface area (Å²) in [5.41, 5.74) is 0. The molecule has 4 atom stereocenters. The Morgan fingerprint density at radius 2 is 2.00 bits per heavy atom. The van der Waals surface area contributed by atoms with Crippen LogP contribution < -0.4 is 5.32 Å². The molecule has 0 heterocycles. The van der Waals surface area contributed by atoms with Gasteiger partial charge in [0.1, 0.15) is 0 Å². The van der Waals surface area contributed by atoms with Gasteiger partial charge in [-0.2, -0.15) is 0 Å². The molecule has 2 heteroatoms. The van der Waals surface area contributed by atoms with E-state index in [-0.39, 0.29) is 5.91 Å². The maximum atomic E-state index is 11.7. The lowest BCUT2D eigenvalue weighted by atomic mass is 9.84. The first kappa shape index (κ1) is 11.9. The normalized spacial score (nSPS) is 34.4. The Kier molecular flexibility index (Phi) is 3.56. The van der Waals surface area contributed by atoms with E-state index in [0.717, 1.165) is 17.8 Å². The van der Waals surface area contributed by atoms with Crippen LogP contribution in [-0.2, 0) is 4.79 Å². The van der Waals surface area contributed by atoms with E-state index in [1.54, 1.807) is 0 Å². The number of fused-ring (bicyclic) bond motifs is 2. The Bertz CT molecular complexity index is 261. The minimum absolute atomic E-state index is 0.241. The van der Waals surface area contributed by atoms with E-state index < -0.39 is 0 Å². The van der Waals surface area contributed by atoms with Crippen LogP contribution in [0.15, 0.2) is 0 Å². The highest BCUT2D eigenvalue weighted by atomic mass is 16.1. The molecule has 0 aliphatic heterocycles. The fourth-order valence-electron chi connectivity index (χ4n) is 3.70. The zero-order valence-electron chi connectivity index (χ0n) is 10.8. The largest absolute Gasteiger partial charge is 0.353 e. The Hall–Kier alpha value is -0.530. The Labute approximate surface area is 99.2 Å². The van der Waals surface area contributed by atoms with Gasteiger partial charge >= 0.3 is 0 Å². The van der Waals surface area contributed by atoms with Crippen LogP contribution in [0.25, 0.3) is 0 Å². The fourth-order valence-corrected chi connectivity index (χ4v) is 3.70. The molecule has 2 aliphatic carbocycles. The third kappa shape index (κ3) is 2.58. The van der Waals surface area contributed by atoms with Crippen molar-refractivity contribution in [3.05, 3.63) is 0 Å². The van der Waals surface area contributed by atoms with E-state index in [4.69, 9.17) is 0 Å². The van der Waals surface area contributed by atoms with Crippen molar-refractivity contribution in [1.29, 1.82) is 0 Å². The predicted molar refractivity (Wildman–Crippen MR) is 66.0 cm³/mol. The van der Waals surface area contributed by atoms with E-state index in [0.29, 0.717) is 18.4 Å². The standard InChI is InChI=1S/C14H25NO/c1-9(2)6-14(16)15-10(3)13-8-11-4-5-12(13)7-11/h9-13H,4-8H2,1-3H3,(H,15,16)/t10-,11-,12-,13+/m1/s1. The van der Waals surface area contributed by atoms with Crippen LogP contribution in [0.4, 0.5) is 0 Å². The van der Waals surface area contributed by atoms with Crippen molar-refractivity contribution >= 4 is 5.91 Å². The van der Waals surface area contributed by atoms with Gasteiger partial charge in [0.15, 0.2) is 0 Å². The van der Waals surface area contributed by atoms with E-state index in [2.05, 4.69) is 26.1 Å². The van der Waals surface area contributed by atoms with Gasteiger partial charge in [0.2, 0.25) is 5.91 Å². The summed E-state index contributed by atoms with van der Waals surface area (Å²) < 4.78 is 0. The number of carbonyl (C=O) groups excluding carboxylic acids is 1. The van der Waals surface area contributed by atoms with Crippen LogP contribution in [0, 0.1) is 23.7 Å². The zero-order valence-corrected chi connectivity index (χ0v) is 10.8. The molecule has 92 valence electrons. The number of carbonyl (C=O) groups is 1. The van der Waals surface area contributed by atoms with Crippen molar-refractivity contribution in [1.82, 2.24) is 5.32 Å². The van der Waals surface area contributed by atoms with E-state index >= 15 is 0 Å². The van der Waals surface area contributed by atoms with Crippen molar-refractivity contribution in [2.75, 3.05) is 0 Å². The predicted octanol–water partition coefficient (Wildman–Crippen LogP) is 2.97. The quantitative estimate of drug-likeness (QED) is 0.780. The molecule has 2 bridgehead atoms. The number of rotatable bonds is 4. The van der Waals surface area contributed by atoms with Crippen molar-refractivity contribution < 1.29 is 4.79 Å². The molecule has 2 saturated carbocycles. The maximum Gasteiger partial charge on any atom is 0.220 e. The fraction of sp³-hybridized carbons (Fsp3) is 0.929. The van der Waals surface area contributed by atoms with Gasteiger partial charge in [0, 0.05) is 12.5 Å². The van der Waals surface area contributed by atoms with Crippen LogP contribution in [0.5, 0.6) is 0 Å². The lowest BCUT2D eigenvalue weighted by Gasteiger charge is -2.28. The van der Waals surface area contributed by atoms with Gasteiger partial charge in [-0.15, -0.1) is 0 Å². The summed E-state index contributed by atoms with van der Waals surface area (Å²) in [5.74, 6) is 3.34. The zero-order chi connectivity index (χ0) is 11.7. The topological polar surface area (TPSA) is 29.1 Å². The minimum atomic E-state index is 0.241. The summed E-state index contributed by atoms with van der Waals surface area (Å²) in [6.45, 7) is 6.40. The molecule has 0 radical (unpaired) electrons. The Balaban J connectivity index is 1.80. The van der Waals surface area contributed by atoms with Crippen LogP contribution in [0.3, 0.4) is 0 Å². The molecule has 0 aromatic heterocycles. The summed E-state index contributed by atoms with van der Waals surface area (Å²) in [6, 6.07) is 0.390. The smallest absolute Gasteiger partial charge is 0.220 e. The molecule has 1 amide bonds. The Morgan fingerprint density at radius 1 is 1.25 bits per heavy atom. The van der Waals surface area contributed by atoms with E-state index in [1.165, 1.54) is 25.7 Å². The van der Waals surface area contributed by atoms with Crippen molar-refractivity contribution in [3.8, 4) is 0 Å². The summed E-state index contributed by atoms with van der Waals surface area (Å²) in [7, 11) is 0. The number of nitrogens with one attached hydrogen (secondary N) is 1. The maximum absolute atomic E-state index is 11.7. The summed E-state index contributed by atoms with van der Waals surface area (Å²) >= 11 is 0. The summed E-state index contributed by atoms with van der Waals surface area (Å²) in [6.07, 6.45) is 6.29. The van der Waals surface area contributed by atoms with Crippen LogP contribution in [-0.4, -0.2) is 11.9 Å². The highest BCUT2D eigenvalue weighted by molar-refractivity contribution is 5.76. The molecule has 1 N–H and O–H groups in total. The third-order valence-electron chi connectivity index (χ3n) is 4.42. The molecule has 0 aromatic carbocycles. The highest BCUT2D eigenvalue weighted by Crippen LogP contribution is 2.49. The molecule has 2 rings (SSSR count). The van der Waals surface area contributed by atoms with Crippen LogP contribution >= 0.6 is 0 Å². The van der Waals surface area contributed by atoms with Crippen LogP contribution in [0.2, 0.25) is 0 Å². The number of hydrogen-bond donors (Lipinski definition) is 1. The second-order valence-corrected chi connectivity index (χ2v) is 6.29. The average molecular weight is 223 g/mol. The van der Waals surface area contributed by atoms with Crippen LogP contribution in [0.1, 0.15) is 52.9 Å². The monoisotopic (exact) mass is 223 g/mol. The molecule has 0 aromatic rings. The van der Waals surface area contributed by atoms with Gasteiger partial charge in [-0.25, -0.2) is 0 Å². The summed E-state index contributed by atoms with van der Waals surface area (Å²) in [5, 5.41) is 3.20. The van der Waals surface area contributed by atoms with Gasteiger partial charge in [-0.05, 0) is 49.9 Å². The van der Waals surface area contributed by atoms with Gasteiger partial charge < -0.3 is 5.32 Å². The van der Waals surface area contributed by atoms with Crippen molar-refractivity contribution in [2.45, 2.75) is 58.9 Å². The SMILES string of the molecule is CC(C)CC(=O)N[C@H](C)[C@@H]1C[C@@H]2CC[C@@H]1C2. The third-order valence-corrected chi connectivity index (χ3v) is 4.42. The van der Waals surface area contributed by atoms with Gasteiger partial charge in [-0.3, -0.25) is 4.79 Å². The van der Waals surface area contributed by atoms with Gasteiger partial charge in [-0.1, -0.05) is 20.3 Å². The molecular formula is C14H25NO. The molecule has 2 nitrogen and oxygen atoms in total. The van der Waals surface area contributed by atoms with Crippen molar-refractivity contribution in [3.63, 3.8) is 0 Å². The average Bonchev–Trinajstić information content (AvgIpc) is 2.76. The first-order valence-corrected chi connectivity index (χ1v) is 6.85. The lowest BCUT2D eigenvalue weighted by Crippen LogP contribution is -2.40. The molecular weight excluding hydrogens is 198 g/mol. The number of hydrogen-bond acceptors (Lipinski definition) is 1. The molecule has 0 saturated heterocycles. The lowest BCUT2D eigenvalue weighted by molar-refractivity contribution is -0.122. The Morgan fingerprint density at radius 3 is 2.50 bits per heavy atom. The summed E-state index contributed by atoms with van der Waals surface area (Å²) in [4.78, 5) is 11.7. The first-order chi connectivity index (χ1) is 7.56. The van der Waals surface area contributed by atoms with E-state index in [1.807, 2.05) is 0 Å². The molecule has 2 aliphatic rings. The first-order valence-electron chi connectivity index (χ1n) is 6.85. The van der Waals surface area contributed by atoms with Gasteiger partial charge in [0.05, 0.1) is 0 Å². The molecule has 16 heavy (non-hydrogen) atoms. The molecule has 2 fully saturated rings. The second-order valence-electron chi connectivity index (χ2n) is 6.29. The molecule has 0 unspecified atom stereocenters. The van der Waals surface area contributed by atoms with Gasteiger partial charge in [0.25, 0.3) is 0 Å². The van der Waals surface area contributed by atoms with Crippen molar-refractivity contribution in [2.24, 2.45) is 23.7 Å². The second kappa shape index (κ2) is 4.77. The number of amides is 1. The van der Waals surface area contributed by atoms with E-state index in [9.17, 15) is 4.79 Å².